The van der Waals surface area contributed by atoms with E-state index in [4.69, 9.17) is 4.74 Å². The first-order valence-corrected chi connectivity index (χ1v) is 11.4. The number of hydrogen-bond donors (Lipinski definition) is 2. The van der Waals surface area contributed by atoms with Gasteiger partial charge in [-0.05, 0) is 75.3 Å². The lowest BCUT2D eigenvalue weighted by atomic mass is 9.53. The summed E-state index contributed by atoms with van der Waals surface area (Å²) in [5.74, 6) is 1.16. The number of benzene rings is 1. The third-order valence-electron chi connectivity index (χ3n) is 6.43. The van der Waals surface area contributed by atoms with E-state index in [1.807, 2.05) is 30.3 Å². The zero-order valence-electron chi connectivity index (χ0n) is 16.7. The molecule has 4 fully saturated rings. The molecule has 6 nitrogen and oxygen atoms in total. The number of urea groups is 1. The second kappa shape index (κ2) is 8.38. The molecule has 5 rings (SSSR count). The minimum Gasteiger partial charge on any atom is -0.452 e. The molecule has 0 aliphatic heterocycles. The highest BCUT2D eigenvalue weighted by Gasteiger charge is 2.51. The first-order chi connectivity index (χ1) is 13.9. The fraction of sp³-hybridized carbons (Fsp3) is 0.591. The van der Waals surface area contributed by atoms with Crippen molar-refractivity contribution in [3.8, 4) is 0 Å². The van der Waals surface area contributed by atoms with Gasteiger partial charge in [0.05, 0.1) is 5.75 Å². The van der Waals surface area contributed by atoms with Gasteiger partial charge < -0.3 is 10.1 Å². The molecule has 0 saturated heterocycles. The standard InChI is InChI=1S/C22H28N2O4S/c1-14(28-19(25)13-29-18-5-3-2-4-6-18)20(26)23-21(27)24-22-10-15-7-16(11-22)9-17(8-15)12-22/h2-6,14-17H,7-13H2,1H3,(H2,23,24,26,27)/t14-,15?,16?,17?,22?/m0/s1. The molecule has 2 N–H and O–H groups in total. The summed E-state index contributed by atoms with van der Waals surface area (Å²) < 4.78 is 5.18. The van der Waals surface area contributed by atoms with Crippen LogP contribution < -0.4 is 10.6 Å². The molecule has 3 amide bonds. The van der Waals surface area contributed by atoms with Crippen molar-refractivity contribution in [1.82, 2.24) is 10.6 Å². The van der Waals surface area contributed by atoms with Crippen molar-refractivity contribution in [2.75, 3.05) is 5.75 Å². The third kappa shape index (κ3) is 4.94. The smallest absolute Gasteiger partial charge is 0.321 e. The lowest BCUT2D eigenvalue weighted by molar-refractivity contribution is -0.151. The minimum atomic E-state index is -1.01. The molecule has 0 heterocycles. The van der Waals surface area contributed by atoms with Gasteiger partial charge in [-0.25, -0.2) is 4.79 Å². The highest BCUT2D eigenvalue weighted by Crippen LogP contribution is 2.55. The molecule has 29 heavy (non-hydrogen) atoms. The van der Waals surface area contributed by atoms with Gasteiger partial charge in [0.25, 0.3) is 5.91 Å². The van der Waals surface area contributed by atoms with Crippen molar-refractivity contribution in [2.45, 2.75) is 62.0 Å². The normalized spacial score (nSPS) is 30.4. The summed E-state index contributed by atoms with van der Waals surface area (Å²) in [7, 11) is 0. The number of thioether (sulfide) groups is 1. The fourth-order valence-corrected chi connectivity index (χ4v) is 6.40. The van der Waals surface area contributed by atoms with Gasteiger partial charge in [0.1, 0.15) is 0 Å². The van der Waals surface area contributed by atoms with Gasteiger partial charge in [0.15, 0.2) is 6.10 Å². The predicted octanol–water partition coefficient (Wildman–Crippen LogP) is 3.51. The monoisotopic (exact) mass is 416 g/mol. The van der Waals surface area contributed by atoms with Crippen molar-refractivity contribution in [3.05, 3.63) is 30.3 Å². The van der Waals surface area contributed by atoms with Crippen LogP contribution in [0.25, 0.3) is 0 Å². The van der Waals surface area contributed by atoms with Gasteiger partial charge in [-0.1, -0.05) is 18.2 Å². The van der Waals surface area contributed by atoms with E-state index in [9.17, 15) is 14.4 Å². The average Bonchev–Trinajstić information content (AvgIpc) is 2.65. The molecule has 1 aromatic carbocycles. The van der Waals surface area contributed by atoms with Gasteiger partial charge in [0.2, 0.25) is 0 Å². The molecule has 0 spiro atoms. The summed E-state index contributed by atoms with van der Waals surface area (Å²) in [6.45, 7) is 1.48. The molecule has 7 heteroatoms. The van der Waals surface area contributed by atoms with Crippen molar-refractivity contribution in [3.63, 3.8) is 0 Å². The Bertz CT molecular complexity index is 747. The summed E-state index contributed by atoms with van der Waals surface area (Å²) in [5, 5.41) is 5.46. The van der Waals surface area contributed by atoms with Crippen LogP contribution in [-0.4, -0.2) is 35.3 Å². The molecule has 1 aromatic rings. The number of ether oxygens (including phenoxy) is 1. The predicted molar refractivity (Wildman–Crippen MR) is 110 cm³/mol. The maximum absolute atomic E-state index is 12.5. The van der Waals surface area contributed by atoms with Gasteiger partial charge >= 0.3 is 12.0 Å². The second-order valence-electron chi connectivity index (χ2n) is 8.88. The fourth-order valence-electron chi connectivity index (χ4n) is 5.69. The Balaban J connectivity index is 1.22. The van der Waals surface area contributed by atoms with Crippen LogP contribution in [0.15, 0.2) is 35.2 Å². The van der Waals surface area contributed by atoms with Crippen LogP contribution in [0, 0.1) is 17.8 Å². The number of carbonyl (C=O) groups is 3. The van der Waals surface area contributed by atoms with Crippen LogP contribution in [0.1, 0.15) is 45.4 Å². The van der Waals surface area contributed by atoms with E-state index in [-0.39, 0.29) is 11.3 Å². The maximum atomic E-state index is 12.5. The van der Waals surface area contributed by atoms with E-state index in [1.54, 1.807) is 0 Å². The summed E-state index contributed by atoms with van der Waals surface area (Å²) in [5.41, 5.74) is -0.161. The molecule has 0 aromatic heterocycles. The van der Waals surface area contributed by atoms with Crippen LogP contribution in [0.2, 0.25) is 0 Å². The Morgan fingerprint density at radius 3 is 2.24 bits per heavy atom. The number of imide groups is 1. The Kier molecular flexibility index (Phi) is 5.86. The molecule has 1 atom stereocenters. The number of hydrogen-bond acceptors (Lipinski definition) is 5. The van der Waals surface area contributed by atoms with Gasteiger partial charge in [0, 0.05) is 10.4 Å². The zero-order valence-corrected chi connectivity index (χ0v) is 17.5. The van der Waals surface area contributed by atoms with Crippen LogP contribution in [0.3, 0.4) is 0 Å². The minimum absolute atomic E-state index is 0.112. The Morgan fingerprint density at radius 2 is 1.66 bits per heavy atom. The Hall–Kier alpha value is -2.02. The van der Waals surface area contributed by atoms with E-state index in [0.29, 0.717) is 17.8 Å². The van der Waals surface area contributed by atoms with E-state index in [0.717, 1.165) is 24.2 Å². The van der Waals surface area contributed by atoms with E-state index < -0.39 is 24.0 Å². The van der Waals surface area contributed by atoms with Crippen molar-refractivity contribution >= 4 is 29.7 Å². The molecule has 4 bridgehead atoms. The first-order valence-electron chi connectivity index (χ1n) is 10.4. The van der Waals surface area contributed by atoms with Gasteiger partial charge in [-0.2, -0.15) is 0 Å². The first kappa shape index (κ1) is 20.3. The van der Waals surface area contributed by atoms with Gasteiger partial charge in [-0.15, -0.1) is 11.8 Å². The summed E-state index contributed by atoms with van der Waals surface area (Å²) in [6.07, 6.45) is 5.90. The van der Waals surface area contributed by atoms with Crippen LogP contribution >= 0.6 is 11.8 Å². The second-order valence-corrected chi connectivity index (χ2v) is 9.92. The lowest BCUT2D eigenvalue weighted by Gasteiger charge is -2.56. The number of nitrogens with one attached hydrogen (secondary N) is 2. The van der Waals surface area contributed by atoms with Crippen molar-refractivity contribution in [1.29, 1.82) is 0 Å². The highest BCUT2D eigenvalue weighted by atomic mass is 32.2. The maximum Gasteiger partial charge on any atom is 0.321 e. The van der Waals surface area contributed by atoms with Crippen LogP contribution in [0.5, 0.6) is 0 Å². The van der Waals surface area contributed by atoms with Crippen LogP contribution in [-0.2, 0) is 14.3 Å². The van der Waals surface area contributed by atoms with Gasteiger partial charge in [-0.3, -0.25) is 14.9 Å². The molecule has 0 radical (unpaired) electrons. The Morgan fingerprint density at radius 1 is 1.07 bits per heavy atom. The molecule has 4 saturated carbocycles. The number of carbonyl (C=O) groups excluding carboxylic acids is 3. The van der Waals surface area contributed by atoms with Crippen molar-refractivity contribution < 1.29 is 19.1 Å². The van der Waals surface area contributed by atoms with E-state index >= 15 is 0 Å². The molecular weight excluding hydrogens is 388 g/mol. The summed E-state index contributed by atoms with van der Waals surface area (Å²) in [6, 6.07) is 9.03. The lowest BCUT2D eigenvalue weighted by Crippen LogP contribution is -2.62. The molecule has 4 aliphatic rings. The topological polar surface area (TPSA) is 84.5 Å². The molecule has 0 unspecified atom stereocenters. The summed E-state index contributed by atoms with van der Waals surface area (Å²) in [4.78, 5) is 37.7. The van der Waals surface area contributed by atoms with E-state index in [2.05, 4.69) is 10.6 Å². The summed E-state index contributed by atoms with van der Waals surface area (Å²) >= 11 is 1.35. The molecular formula is C22H28N2O4S. The largest absolute Gasteiger partial charge is 0.452 e. The zero-order chi connectivity index (χ0) is 20.4. The van der Waals surface area contributed by atoms with Crippen LogP contribution in [0.4, 0.5) is 4.79 Å². The highest BCUT2D eigenvalue weighted by molar-refractivity contribution is 8.00. The average molecular weight is 417 g/mol. The Labute approximate surface area is 175 Å². The van der Waals surface area contributed by atoms with E-state index in [1.165, 1.54) is 37.9 Å². The quantitative estimate of drug-likeness (QED) is 0.548. The number of rotatable bonds is 6. The molecule has 156 valence electrons. The number of esters is 1. The molecule has 4 aliphatic carbocycles. The van der Waals surface area contributed by atoms with Crippen molar-refractivity contribution in [2.24, 2.45) is 17.8 Å². The SMILES string of the molecule is C[C@H](OC(=O)CSc1ccccc1)C(=O)NC(=O)NC12CC3CC(CC(C3)C1)C2. The number of amides is 3. The third-order valence-corrected chi connectivity index (χ3v) is 7.42.